The Hall–Kier alpha value is -1.49. The van der Waals surface area contributed by atoms with Crippen molar-refractivity contribution in [3.05, 3.63) is 29.0 Å². The van der Waals surface area contributed by atoms with Crippen LogP contribution < -0.4 is 9.47 Å². The van der Waals surface area contributed by atoms with Gasteiger partial charge in [-0.05, 0) is 12.1 Å². The Balaban J connectivity index is 2.68. The van der Waals surface area contributed by atoms with Gasteiger partial charge in [-0.25, -0.2) is 4.98 Å². The van der Waals surface area contributed by atoms with E-state index in [4.69, 9.17) is 9.47 Å². The third kappa shape index (κ3) is 2.15. The Morgan fingerprint density at radius 2 is 2.00 bits per heavy atom. The molecule has 0 amide bonds. The molecular formula is C12H13BrN2O2. The van der Waals surface area contributed by atoms with Gasteiger partial charge in [-0.3, -0.25) is 0 Å². The van der Waals surface area contributed by atoms with E-state index in [-0.39, 0.29) is 0 Å². The summed E-state index contributed by atoms with van der Waals surface area (Å²) in [4.78, 5) is 4.32. The lowest BCUT2D eigenvalue weighted by Crippen LogP contribution is -1.97. The molecule has 5 heteroatoms. The molecule has 0 unspecified atom stereocenters. The van der Waals surface area contributed by atoms with Crippen molar-refractivity contribution in [2.45, 2.75) is 0 Å². The first kappa shape index (κ1) is 12.0. The summed E-state index contributed by atoms with van der Waals surface area (Å²) in [6, 6.07) is 3.83. The number of rotatable bonds is 3. The molecule has 0 aliphatic carbocycles. The fraction of sp³-hybridized carbons (Fsp3) is 0.250. The van der Waals surface area contributed by atoms with Crippen molar-refractivity contribution in [1.82, 2.24) is 9.55 Å². The number of aromatic nitrogens is 2. The molecule has 2 rings (SSSR count). The molecule has 2 aromatic rings. The maximum atomic E-state index is 5.40. The highest BCUT2D eigenvalue weighted by molar-refractivity contribution is 9.10. The molecular weight excluding hydrogens is 284 g/mol. The van der Waals surface area contributed by atoms with Gasteiger partial charge in [0.25, 0.3) is 0 Å². The molecule has 0 saturated carbocycles. The molecule has 0 N–H and O–H groups in total. The van der Waals surface area contributed by atoms with Crippen molar-refractivity contribution in [2.24, 2.45) is 7.05 Å². The third-order valence-electron chi connectivity index (χ3n) is 2.51. The number of benzene rings is 1. The van der Waals surface area contributed by atoms with Crippen LogP contribution in [0.3, 0.4) is 0 Å². The molecule has 0 radical (unpaired) electrons. The molecule has 0 saturated heterocycles. The first-order valence-corrected chi connectivity index (χ1v) is 5.86. The van der Waals surface area contributed by atoms with Crippen LogP contribution in [0.1, 0.15) is 0 Å². The van der Waals surface area contributed by atoms with E-state index in [2.05, 4.69) is 20.9 Å². The van der Waals surface area contributed by atoms with Crippen molar-refractivity contribution in [2.75, 3.05) is 14.2 Å². The molecule has 17 heavy (non-hydrogen) atoms. The van der Waals surface area contributed by atoms with Crippen LogP contribution in [-0.4, -0.2) is 23.8 Å². The van der Waals surface area contributed by atoms with Gasteiger partial charge < -0.3 is 14.0 Å². The Morgan fingerprint density at radius 3 is 2.53 bits per heavy atom. The molecule has 0 aliphatic heterocycles. The number of aryl methyl sites for hydroxylation is 1. The highest BCUT2D eigenvalue weighted by Crippen LogP contribution is 2.39. The maximum absolute atomic E-state index is 5.40. The van der Waals surface area contributed by atoms with Gasteiger partial charge in [-0.2, -0.15) is 0 Å². The third-order valence-corrected chi connectivity index (χ3v) is 2.96. The average Bonchev–Trinajstić information content (AvgIpc) is 2.74. The second-order valence-electron chi connectivity index (χ2n) is 3.55. The fourth-order valence-electron chi connectivity index (χ4n) is 1.72. The van der Waals surface area contributed by atoms with Crippen molar-refractivity contribution in [3.8, 4) is 22.9 Å². The van der Waals surface area contributed by atoms with E-state index in [1.807, 2.05) is 29.9 Å². The summed E-state index contributed by atoms with van der Waals surface area (Å²) in [5, 5.41) is 0. The average molecular weight is 297 g/mol. The highest BCUT2D eigenvalue weighted by Gasteiger charge is 2.16. The highest BCUT2D eigenvalue weighted by atomic mass is 79.9. The Kier molecular flexibility index (Phi) is 3.38. The minimum atomic E-state index is 0.680. The Morgan fingerprint density at radius 1 is 1.24 bits per heavy atom. The molecule has 0 aliphatic rings. The zero-order chi connectivity index (χ0) is 12.4. The summed E-state index contributed by atoms with van der Waals surface area (Å²) in [7, 11) is 5.18. The van der Waals surface area contributed by atoms with Crippen LogP contribution in [0.4, 0.5) is 0 Å². The second kappa shape index (κ2) is 4.79. The largest absolute Gasteiger partial charge is 0.493 e. The van der Waals surface area contributed by atoms with Crippen molar-refractivity contribution in [3.63, 3.8) is 0 Å². The summed E-state index contributed by atoms with van der Waals surface area (Å²) >= 11 is 3.45. The summed E-state index contributed by atoms with van der Waals surface area (Å²) in [5.74, 6) is 2.20. The van der Waals surface area contributed by atoms with Gasteiger partial charge in [-0.15, -0.1) is 0 Å². The van der Waals surface area contributed by atoms with E-state index in [0.717, 1.165) is 15.9 Å². The quantitative estimate of drug-likeness (QED) is 0.874. The minimum Gasteiger partial charge on any atom is -0.493 e. The first-order chi connectivity index (χ1) is 8.17. The smallest absolute Gasteiger partial charge is 0.171 e. The minimum absolute atomic E-state index is 0.680. The van der Waals surface area contributed by atoms with E-state index in [1.165, 1.54) is 0 Å². The lowest BCUT2D eigenvalue weighted by atomic mass is 10.1. The second-order valence-corrected chi connectivity index (χ2v) is 4.47. The van der Waals surface area contributed by atoms with Gasteiger partial charge in [0.1, 0.15) is 5.82 Å². The molecule has 0 fully saturated rings. The van der Waals surface area contributed by atoms with Gasteiger partial charge in [-0.1, -0.05) is 15.9 Å². The number of hydrogen-bond acceptors (Lipinski definition) is 3. The van der Waals surface area contributed by atoms with E-state index in [1.54, 1.807) is 20.4 Å². The normalized spacial score (nSPS) is 10.4. The van der Waals surface area contributed by atoms with E-state index in [0.29, 0.717) is 11.5 Å². The van der Waals surface area contributed by atoms with Gasteiger partial charge in [0, 0.05) is 23.9 Å². The zero-order valence-electron chi connectivity index (χ0n) is 9.90. The monoisotopic (exact) mass is 296 g/mol. The number of imidazole rings is 1. The zero-order valence-corrected chi connectivity index (χ0v) is 11.5. The molecule has 0 spiro atoms. The summed E-state index contributed by atoms with van der Waals surface area (Å²) in [6.07, 6.45) is 3.64. The molecule has 0 bridgehead atoms. The predicted octanol–water partition coefficient (Wildman–Crippen LogP) is 2.87. The molecule has 0 atom stereocenters. The van der Waals surface area contributed by atoms with Gasteiger partial charge >= 0.3 is 0 Å². The topological polar surface area (TPSA) is 36.3 Å². The molecule has 1 aromatic heterocycles. The number of ether oxygens (including phenoxy) is 2. The van der Waals surface area contributed by atoms with E-state index >= 15 is 0 Å². The Bertz CT molecular complexity index is 537. The van der Waals surface area contributed by atoms with Gasteiger partial charge in [0.2, 0.25) is 0 Å². The van der Waals surface area contributed by atoms with Crippen molar-refractivity contribution < 1.29 is 9.47 Å². The van der Waals surface area contributed by atoms with Crippen molar-refractivity contribution in [1.29, 1.82) is 0 Å². The van der Waals surface area contributed by atoms with Crippen molar-refractivity contribution >= 4 is 15.9 Å². The van der Waals surface area contributed by atoms with Crippen LogP contribution in [0.2, 0.25) is 0 Å². The van der Waals surface area contributed by atoms with Crippen LogP contribution in [0.15, 0.2) is 29.0 Å². The van der Waals surface area contributed by atoms with Crippen LogP contribution in [-0.2, 0) is 7.05 Å². The lowest BCUT2D eigenvalue weighted by Gasteiger charge is -2.13. The molecule has 4 nitrogen and oxygen atoms in total. The molecule has 90 valence electrons. The number of hydrogen-bond donors (Lipinski definition) is 0. The predicted molar refractivity (Wildman–Crippen MR) is 69.4 cm³/mol. The van der Waals surface area contributed by atoms with Gasteiger partial charge in [0.15, 0.2) is 11.5 Å². The van der Waals surface area contributed by atoms with Crippen LogP contribution in [0.5, 0.6) is 11.5 Å². The van der Waals surface area contributed by atoms with E-state index in [9.17, 15) is 0 Å². The van der Waals surface area contributed by atoms with E-state index < -0.39 is 0 Å². The fourth-order valence-corrected chi connectivity index (χ4v) is 2.16. The Labute approximate surface area is 108 Å². The molecule has 1 aromatic carbocycles. The number of halogens is 1. The summed E-state index contributed by atoms with van der Waals surface area (Å²) in [5.41, 5.74) is 0.895. The van der Waals surface area contributed by atoms with Gasteiger partial charge in [0.05, 0.1) is 19.8 Å². The standard InChI is InChI=1S/C12H13BrN2O2/c1-15-5-4-14-12(15)9-6-8(13)7-10(16-2)11(9)17-3/h4-7H,1-3H3. The lowest BCUT2D eigenvalue weighted by molar-refractivity contribution is 0.355. The van der Waals surface area contributed by atoms with Crippen LogP contribution in [0.25, 0.3) is 11.4 Å². The maximum Gasteiger partial charge on any atom is 0.171 e. The molecule has 1 heterocycles. The number of nitrogens with zero attached hydrogens (tertiary/aromatic N) is 2. The van der Waals surface area contributed by atoms with Crippen LogP contribution >= 0.6 is 15.9 Å². The number of methoxy groups -OCH3 is 2. The first-order valence-electron chi connectivity index (χ1n) is 5.06. The SMILES string of the molecule is COc1cc(Br)cc(-c2nccn2C)c1OC. The summed E-state index contributed by atoms with van der Waals surface area (Å²) in [6.45, 7) is 0. The summed E-state index contributed by atoms with van der Waals surface area (Å²) < 4.78 is 13.6. The van der Waals surface area contributed by atoms with Crippen LogP contribution in [0, 0.1) is 0 Å².